The van der Waals surface area contributed by atoms with Crippen molar-refractivity contribution in [2.45, 2.75) is 9.79 Å². The van der Waals surface area contributed by atoms with Gasteiger partial charge >= 0.3 is 0 Å². The normalized spacial score (nSPS) is 14.0. The Hall–Kier alpha value is -5.17. The number of rotatable bonds is 8. The van der Waals surface area contributed by atoms with E-state index in [9.17, 15) is 45.5 Å². The SMILES string of the molecule is CN1c2ccc(Nc3cc(NC(=O)CCl)c(S(=O)(=O)O)cc3S(=O)(=O)O)c3c2C(=C(C(=O)c2ccncc2)N1[O-])c1ccccc1C3=O. The zero-order chi connectivity index (χ0) is 34.7. The van der Waals surface area contributed by atoms with Crippen molar-refractivity contribution in [1.29, 1.82) is 0 Å². The summed E-state index contributed by atoms with van der Waals surface area (Å²) >= 11 is 5.55. The van der Waals surface area contributed by atoms with Gasteiger partial charge in [-0.2, -0.15) is 16.8 Å². The van der Waals surface area contributed by atoms with Crippen LogP contribution in [0.3, 0.4) is 0 Å². The van der Waals surface area contributed by atoms with E-state index in [1.807, 2.05) is 0 Å². The zero-order valence-electron chi connectivity index (χ0n) is 24.3. The number of nitrogens with one attached hydrogen (secondary N) is 2. The highest BCUT2D eigenvalue weighted by Gasteiger charge is 2.39. The number of carbonyl (C=O) groups is 3. The van der Waals surface area contributed by atoms with Gasteiger partial charge in [0.2, 0.25) is 11.7 Å². The summed E-state index contributed by atoms with van der Waals surface area (Å²) < 4.78 is 69.1. The first-order valence-corrected chi connectivity index (χ1v) is 17.0. The Bertz CT molecular complexity index is 2330. The summed E-state index contributed by atoms with van der Waals surface area (Å²) in [5, 5.41) is 20.1. The second kappa shape index (κ2) is 11.8. The molecule has 0 spiro atoms. The molecule has 6 rings (SSSR count). The van der Waals surface area contributed by atoms with E-state index < -0.39 is 64.8 Å². The fraction of sp³-hybridized carbons (Fsp3) is 0.0667. The van der Waals surface area contributed by atoms with E-state index in [-0.39, 0.29) is 50.5 Å². The number of fused-ring (bicyclic) bond motifs is 2. The van der Waals surface area contributed by atoms with Crippen molar-refractivity contribution in [2.75, 3.05) is 28.6 Å². The van der Waals surface area contributed by atoms with Crippen LogP contribution < -0.4 is 15.6 Å². The number of nitrogens with zero attached hydrogens (tertiary/aromatic N) is 3. The number of amides is 1. The molecule has 2 heterocycles. The van der Waals surface area contributed by atoms with Crippen molar-refractivity contribution in [1.82, 2.24) is 10.2 Å². The number of anilines is 4. The maximum Gasteiger partial charge on any atom is 0.296 e. The molecule has 18 heteroatoms. The second-order valence-corrected chi connectivity index (χ2v) is 13.5. The molecular weight excluding hydrogens is 690 g/mol. The third kappa shape index (κ3) is 5.47. The van der Waals surface area contributed by atoms with E-state index >= 15 is 0 Å². The van der Waals surface area contributed by atoms with Crippen LogP contribution in [0.5, 0.6) is 0 Å². The topological polar surface area (TPSA) is 226 Å². The molecule has 0 saturated carbocycles. The number of carbonyl (C=O) groups excluding carboxylic acids is 3. The van der Waals surface area contributed by atoms with E-state index in [1.165, 1.54) is 49.8 Å². The predicted molar refractivity (Wildman–Crippen MR) is 173 cm³/mol. The molecule has 0 radical (unpaired) electrons. The van der Waals surface area contributed by atoms with E-state index in [0.717, 1.165) is 11.1 Å². The van der Waals surface area contributed by atoms with Gasteiger partial charge in [-0.1, -0.05) is 24.3 Å². The Kier molecular flexibility index (Phi) is 8.06. The fourth-order valence-electron chi connectivity index (χ4n) is 5.56. The number of hydrogen-bond donors (Lipinski definition) is 4. The molecule has 0 saturated heterocycles. The summed E-state index contributed by atoms with van der Waals surface area (Å²) in [6, 6.07) is 13.1. The molecule has 4 aromatic rings. The number of pyridine rings is 1. The maximum atomic E-state index is 14.2. The molecule has 0 fully saturated rings. The molecule has 0 unspecified atom stereocenters. The summed E-state index contributed by atoms with van der Waals surface area (Å²) in [7, 11) is -9.01. The van der Waals surface area contributed by atoms with Crippen LogP contribution in [0, 0.1) is 5.21 Å². The lowest BCUT2D eigenvalue weighted by molar-refractivity contribution is -0.113. The van der Waals surface area contributed by atoms with Crippen molar-refractivity contribution in [3.63, 3.8) is 0 Å². The van der Waals surface area contributed by atoms with Gasteiger partial charge in [-0.05, 0) is 42.0 Å². The first-order chi connectivity index (χ1) is 22.6. The van der Waals surface area contributed by atoms with Gasteiger partial charge in [-0.25, -0.2) is 0 Å². The highest BCUT2D eigenvalue weighted by atomic mass is 35.5. The molecule has 0 atom stereocenters. The number of aromatic nitrogens is 1. The van der Waals surface area contributed by atoms with Gasteiger partial charge in [-0.15, -0.1) is 11.6 Å². The molecule has 2 aliphatic rings. The molecule has 15 nitrogen and oxygen atoms in total. The molecule has 1 aliphatic carbocycles. The largest absolute Gasteiger partial charge is 0.738 e. The fourth-order valence-corrected chi connectivity index (χ4v) is 7.02. The quantitative estimate of drug-likeness (QED) is 0.102. The Morgan fingerprint density at radius 3 is 2.12 bits per heavy atom. The minimum Gasteiger partial charge on any atom is -0.738 e. The van der Waals surface area contributed by atoms with E-state index in [1.54, 1.807) is 18.2 Å². The van der Waals surface area contributed by atoms with Crippen LogP contribution in [0.25, 0.3) is 5.57 Å². The number of Topliss-reactive ketones (excluding diaryl/α,β-unsaturated/α-hetero) is 1. The second-order valence-electron chi connectivity index (χ2n) is 10.4. The number of allylic oxidation sites excluding steroid dienone is 1. The number of hydrazine groups is 1. The standard InChI is InChI=1S/C30H21ClN5O10S2/c1-35-21-7-6-18(33-19-12-20(34-24(37)14-31)23(48(44,45)46)13-22(19)47(41,42)43)26-27(21)25(16-4-2-3-5-17(16)30(26)39)28(36(35)40)29(38)15-8-10-32-11-9-15/h2-13,33H,14H2,1H3,(H,34,37)(H,41,42,43)(H,44,45,46)/q-1. The lowest BCUT2D eigenvalue weighted by Crippen LogP contribution is -2.42. The molecule has 4 N–H and O–H groups in total. The monoisotopic (exact) mass is 710 g/mol. The van der Waals surface area contributed by atoms with Crippen LogP contribution in [-0.4, -0.2) is 66.5 Å². The van der Waals surface area contributed by atoms with Crippen LogP contribution in [0.15, 0.2) is 88.5 Å². The summed E-state index contributed by atoms with van der Waals surface area (Å²) in [5.74, 6) is -2.83. The van der Waals surface area contributed by atoms with Crippen LogP contribution in [0.2, 0.25) is 0 Å². The third-order valence-electron chi connectivity index (χ3n) is 7.61. The average molecular weight is 711 g/mol. The van der Waals surface area contributed by atoms with Crippen LogP contribution in [-0.2, 0) is 25.0 Å². The molecule has 1 aliphatic heterocycles. The van der Waals surface area contributed by atoms with Crippen molar-refractivity contribution in [3.05, 3.63) is 112 Å². The summed E-state index contributed by atoms with van der Waals surface area (Å²) in [4.78, 5) is 42.0. The molecule has 1 aromatic heterocycles. The lowest BCUT2D eigenvalue weighted by Gasteiger charge is -2.48. The van der Waals surface area contributed by atoms with Crippen molar-refractivity contribution < 1.29 is 40.3 Å². The zero-order valence-corrected chi connectivity index (χ0v) is 26.7. The van der Waals surface area contributed by atoms with Crippen LogP contribution >= 0.6 is 11.6 Å². The Morgan fingerprint density at radius 1 is 0.875 bits per heavy atom. The van der Waals surface area contributed by atoms with Gasteiger partial charge in [0.25, 0.3) is 20.2 Å². The lowest BCUT2D eigenvalue weighted by atomic mass is 9.77. The van der Waals surface area contributed by atoms with E-state index in [2.05, 4.69) is 15.6 Å². The summed E-state index contributed by atoms with van der Waals surface area (Å²) in [5.41, 5.74) is -0.653. The van der Waals surface area contributed by atoms with Gasteiger partial charge < -0.3 is 21.0 Å². The van der Waals surface area contributed by atoms with Gasteiger partial charge in [0, 0.05) is 41.7 Å². The van der Waals surface area contributed by atoms with Crippen LogP contribution in [0.1, 0.15) is 37.4 Å². The first-order valence-electron chi connectivity index (χ1n) is 13.6. The average Bonchev–Trinajstić information content (AvgIpc) is 3.04. The first kappa shape index (κ1) is 32.8. The van der Waals surface area contributed by atoms with E-state index in [0.29, 0.717) is 11.2 Å². The highest BCUT2D eigenvalue weighted by molar-refractivity contribution is 7.86. The minimum atomic E-state index is -5.23. The maximum absolute atomic E-state index is 14.2. The molecule has 48 heavy (non-hydrogen) atoms. The third-order valence-corrected chi connectivity index (χ3v) is 9.64. The molecular formula is C30H21ClN5O10S2-. The van der Waals surface area contributed by atoms with Crippen molar-refractivity contribution in [2.24, 2.45) is 0 Å². The molecule has 1 amide bonds. The van der Waals surface area contributed by atoms with Gasteiger partial charge in [0.05, 0.1) is 28.3 Å². The van der Waals surface area contributed by atoms with E-state index in [4.69, 9.17) is 11.6 Å². The number of halogens is 1. The van der Waals surface area contributed by atoms with Crippen molar-refractivity contribution in [3.8, 4) is 0 Å². The molecule has 0 bridgehead atoms. The van der Waals surface area contributed by atoms with Gasteiger partial charge in [0.1, 0.15) is 21.4 Å². The number of ketones is 2. The predicted octanol–water partition coefficient (Wildman–Crippen LogP) is 3.85. The number of alkyl halides is 1. The number of hydrogen-bond acceptors (Lipinski definition) is 12. The summed E-state index contributed by atoms with van der Waals surface area (Å²) in [6.45, 7) is 0. The molecule has 3 aromatic carbocycles. The number of hydroxylamine groups is 1. The molecule has 246 valence electrons. The highest BCUT2D eigenvalue weighted by Crippen LogP contribution is 2.50. The van der Waals surface area contributed by atoms with Crippen molar-refractivity contribution >= 4 is 77.6 Å². The smallest absolute Gasteiger partial charge is 0.296 e. The summed E-state index contributed by atoms with van der Waals surface area (Å²) in [6.07, 6.45) is 2.76. The minimum absolute atomic E-state index is 0.0895. The van der Waals surface area contributed by atoms with Gasteiger partial charge in [-0.3, -0.25) is 33.5 Å². The van der Waals surface area contributed by atoms with Crippen LogP contribution in [0.4, 0.5) is 22.7 Å². The Labute approximate surface area is 277 Å². The van der Waals surface area contributed by atoms with Gasteiger partial charge in [0.15, 0.2) is 5.78 Å². The Balaban J connectivity index is 1.64. The number of benzene rings is 3. The Morgan fingerprint density at radius 2 is 1.50 bits per heavy atom.